The number of carbonyl (C=O) groups excluding carboxylic acids is 2. The molecule has 40 heavy (non-hydrogen) atoms. The highest BCUT2D eigenvalue weighted by molar-refractivity contribution is 6.46. The Bertz CT molecular complexity index is 1580. The lowest BCUT2D eigenvalue weighted by Gasteiger charge is -2.26. The van der Waals surface area contributed by atoms with Crippen molar-refractivity contribution in [2.45, 2.75) is 26.1 Å². The molecule has 0 bridgehead atoms. The van der Waals surface area contributed by atoms with Crippen LogP contribution >= 0.6 is 0 Å². The van der Waals surface area contributed by atoms with Crippen molar-refractivity contribution in [2.75, 3.05) is 7.11 Å². The lowest BCUT2D eigenvalue weighted by Crippen LogP contribution is -2.29. The number of likely N-dealkylation sites (tertiary alicyclic amines) is 1. The average Bonchev–Trinajstić information content (AvgIpc) is 3.22. The van der Waals surface area contributed by atoms with Crippen molar-refractivity contribution in [3.8, 4) is 17.2 Å². The number of ether oxygens (including phenoxy) is 2. The fourth-order valence-corrected chi connectivity index (χ4v) is 4.74. The molecule has 5 rings (SSSR count). The first-order valence-corrected chi connectivity index (χ1v) is 12.7. The molecular formula is C32H28N2O6. The van der Waals surface area contributed by atoms with Gasteiger partial charge in [-0.25, -0.2) is 0 Å². The fourth-order valence-electron chi connectivity index (χ4n) is 4.74. The number of aryl methyl sites for hydroxylation is 1. The third-order valence-electron chi connectivity index (χ3n) is 6.95. The fraction of sp³-hybridized carbons (Fsp3) is 0.156. The van der Waals surface area contributed by atoms with Crippen molar-refractivity contribution in [1.82, 2.24) is 9.88 Å². The summed E-state index contributed by atoms with van der Waals surface area (Å²) in [5.74, 6) is -1.16. The molecule has 0 radical (unpaired) electrons. The number of aromatic nitrogens is 1. The molecule has 0 unspecified atom stereocenters. The number of hydrogen-bond donors (Lipinski definition) is 2. The number of carbonyl (C=O) groups is 2. The maximum atomic E-state index is 13.4. The lowest BCUT2D eigenvalue weighted by molar-refractivity contribution is -0.140. The maximum absolute atomic E-state index is 13.4. The Balaban J connectivity index is 1.51. The Kier molecular flexibility index (Phi) is 7.50. The molecule has 2 N–H and O–H groups in total. The van der Waals surface area contributed by atoms with E-state index in [-0.39, 0.29) is 29.4 Å². The van der Waals surface area contributed by atoms with Gasteiger partial charge in [-0.05, 0) is 77.7 Å². The van der Waals surface area contributed by atoms with E-state index in [0.29, 0.717) is 23.5 Å². The van der Waals surface area contributed by atoms with Crippen LogP contribution in [0.1, 0.15) is 33.9 Å². The van der Waals surface area contributed by atoms with Crippen molar-refractivity contribution in [3.05, 3.63) is 125 Å². The number of rotatable bonds is 8. The van der Waals surface area contributed by atoms with Gasteiger partial charge in [-0.2, -0.15) is 0 Å². The number of methoxy groups -OCH3 is 1. The number of aromatic hydroxyl groups is 1. The molecule has 8 heteroatoms. The zero-order valence-corrected chi connectivity index (χ0v) is 22.1. The van der Waals surface area contributed by atoms with Crippen molar-refractivity contribution in [3.63, 3.8) is 0 Å². The quantitative estimate of drug-likeness (QED) is 0.179. The molecule has 0 spiro atoms. The average molecular weight is 537 g/mol. The van der Waals surface area contributed by atoms with Crippen LogP contribution in [0.4, 0.5) is 0 Å². The van der Waals surface area contributed by atoms with Gasteiger partial charge in [-0.1, -0.05) is 30.3 Å². The van der Waals surface area contributed by atoms with Crippen LogP contribution in [-0.4, -0.2) is 38.9 Å². The zero-order valence-electron chi connectivity index (χ0n) is 22.1. The van der Waals surface area contributed by atoms with Gasteiger partial charge in [0.15, 0.2) is 11.5 Å². The Hall–Kier alpha value is -5.11. The number of benzene rings is 3. The van der Waals surface area contributed by atoms with Crippen LogP contribution in [-0.2, 0) is 22.7 Å². The van der Waals surface area contributed by atoms with Gasteiger partial charge >= 0.3 is 0 Å². The number of Topliss-reactive ketones (excluding diaryl/α,β-unsaturated/α-hetero) is 1. The minimum absolute atomic E-state index is 0.0552. The summed E-state index contributed by atoms with van der Waals surface area (Å²) in [5.41, 5.74) is 3.76. The minimum Gasteiger partial charge on any atom is -0.507 e. The summed E-state index contributed by atoms with van der Waals surface area (Å²) in [6, 6.07) is 21.8. The molecule has 1 saturated heterocycles. The number of phenols is 1. The number of aliphatic hydroxyl groups is 1. The van der Waals surface area contributed by atoms with Crippen LogP contribution in [0.3, 0.4) is 0 Å². The van der Waals surface area contributed by atoms with Gasteiger partial charge in [0.2, 0.25) is 0 Å². The van der Waals surface area contributed by atoms with E-state index in [1.54, 1.807) is 60.9 Å². The Morgan fingerprint density at radius 3 is 2.40 bits per heavy atom. The topological polar surface area (TPSA) is 109 Å². The van der Waals surface area contributed by atoms with E-state index in [4.69, 9.17) is 9.47 Å². The van der Waals surface area contributed by atoms with Gasteiger partial charge in [-0.15, -0.1) is 0 Å². The first-order chi connectivity index (χ1) is 19.4. The molecule has 1 fully saturated rings. The van der Waals surface area contributed by atoms with Gasteiger partial charge in [-0.3, -0.25) is 14.6 Å². The molecule has 1 aliphatic rings. The van der Waals surface area contributed by atoms with E-state index >= 15 is 0 Å². The zero-order chi connectivity index (χ0) is 28.2. The number of amides is 1. The van der Waals surface area contributed by atoms with E-state index in [0.717, 1.165) is 16.7 Å². The monoisotopic (exact) mass is 536 g/mol. The van der Waals surface area contributed by atoms with E-state index in [9.17, 15) is 19.8 Å². The molecule has 202 valence electrons. The predicted molar refractivity (Wildman–Crippen MR) is 149 cm³/mol. The molecule has 1 amide bonds. The number of ketones is 1. The Labute approximate surface area is 231 Å². The number of pyridine rings is 1. The van der Waals surface area contributed by atoms with Crippen molar-refractivity contribution in [1.29, 1.82) is 0 Å². The van der Waals surface area contributed by atoms with E-state index < -0.39 is 17.7 Å². The summed E-state index contributed by atoms with van der Waals surface area (Å²) < 4.78 is 11.2. The van der Waals surface area contributed by atoms with E-state index in [1.165, 1.54) is 18.1 Å². The molecular weight excluding hydrogens is 508 g/mol. The molecule has 1 aromatic heterocycles. The van der Waals surface area contributed by atoms with Crippen LogP contribution < -0.4 is 9.47 Å². The van der Waals surface area contributed by atoms with Gasteiger partial charge in [0.25, 0.3) is 11.7 Å². The van der Waals surface area contributed by atoms with Gasteiger partial charge in [0, 0.05) is 24.5 Å². The number of nitrogens with zero attached hydrogens (tertiary/aromatic N) is 2. The Morgan fingerprint density at radius 2 is 1.70 bits per heavy atom. The van der Waals surface area contributed by atoms with Crippen LogP contribution in [0, 0.1) is 6.92 Å². The molecule has 1 aliphatic heterocycles. The highest BCUT2D eigenvalue weighted by atomic mass is 16.5. The molecule has 3 aromatic carbocycles. The second-order valence-electron chi connectivity index (χ2n) is 9.45. The number of aliphatic hydroxyl groups excluding tert-OH is 1. The normalized spacial score (nSPS) is 16.2. The molecule has 0 aliphatic carbocycles. The third kappa shape index (κ3) is 5.24. The summed E-state index contributed by atoms with van der Waals surface area (Å²) in [7, 11) is 1.41. The molecule has 2 heterocycles. The van der Waals surface area contributed by atoms with E-state index in [2.05, 4.69) is 4.98 Å². The van der Waals surface area contributed by atoms with Gasteiger partial charge < -0.3 is 24.6 Å². The predicted octanol–water partition coefficient (Wildman–Crippen LogP) is 5.31. The van der Waals surface area contributed by atoms with Crippen molar-refractivity contribution in [2.24, 2.45) is 0 Å². The first kappa shape index (κ1) is 26.5. The summed E-state index contributed by atoms with van der Waals surface area (Å²) in [5, 5.41) is 21.5. The standard InChI is InChI=1S/C32H28N2O6/c1-20-5-3-4-6-24(20)19-40-25-10-7-22(8-11-25)30(36)28-29(23-9-12-26(35)27(17-23)39-2)34(32(38)31(28)37)18-21-13-15-33-16-14-21/h3-17,29,35-36H,18-19H2,1-2H3/t29-/m0/s1. The summed E-state index contributed by atoms with van der Waals surface area (Å²) in [4.78, 5) is 32.0. The second kappa shape index (κ2) is 11.3. The summed E-state index contributed by atoms with van der Waals surface area (Å²) in [6.45, 7) is 2.52. The van der Waals surface area contributed by atoms with E-state index in [1.807, 2.05) is 31.2 Å². The van der Waals surface area contributed by atoms with Crippen LogP contribution in [0.2, 0.25) is 0 Å². The molecule has 0 saturated carbocycles. The van der Waals surface area contributed by atoms with Crippen LogP contribution in [0.5, 0.6) is 17.2 Å². The van der Waals surface area contributed by atoms with Crippen LogP contribution in [0.15, 0.2) is 96.8 Å². The second-order valence-corrected chi connectivity index (χ2v) is 9.45. The molecule has 1 atom stereocenters. The summed E-state index contributed by atoms with van der Waals surface area (Å²) >= 11 is 0. The highest BCUT2D eigenvalue weighted by Gasteiger charge is 2.46. The minimum atomic E-state index is -0.917. The number of phenolic OH excluding ortho intramolecular Hbond substituents is 1. The lowest BCUT2D eigenvalue weighted by atomic mass is 9.94. The molecule has 4 aromatic rings. The highest BCUT2D eigenvalue weighted by Crippen LogP contribution is 2.42. The molecule has 8 nitrogen and oxygen atoms in total. The first-order valence-electron chi connectivity index (χ1n) is 12.7. The smallest absolute Gasteiger partial charge is 0.295 e. The maximum Gasteiger partial charge on any atom is 0.295 e. The van der Waals surface area contributed by atoms with Crippen LogP contribution in [0.25, 0.3) is 5.76 Å². The largest absolute Gasteiger partial charge is 0.507 e. The summed E-state index contributed by atoms with van der Waals surface area (Å²) in [6.07, 6.45) is 3.21. The van der Waals surface area contributed by atoms with Crippen molar-refractivity contribution < 1.29 is 29.3 Å². The number of hydrogen-bond acceptors (Lipinski definition) is 7. The third-order valence-corrected chi connectivity index (χ3v) is 6.95. The van der Waals surface area contributed by atoms with Crippen molar-refractivity contribution >= 4 is 17.4 Å². The Morgan fingerprint density at radius 1 is 0.975 bits per heavy atom. The van der Waals surface area contributed by atoms with Gasteiger partial charge in [0.1, 0.15) is 18.1 Å². The SMILES string of the molecule is COc1cc([C@H]2C(=C(O)c3ccc(OCc4ccccc4C)cc3)C(=O)C(=O)N2Cc2ccncc2)ccc1O. The van der Waals surface area contributed by atoms with Gasteiger partial charge in [0.05, 0.1) is 18.7 Å².